The summed E-state index contributed by atoms with van der Waals surface area (Å²) >= 11 is 1.45. The molecule has 1 aromatic heterocycles. The molecular formula is C16H18FNOS. The zero-order chi connectivity index (χ0) is 15.1. The predicted octanol–water partition coefficient (Wildman–Crippen LogP) is 4.31. The van der Waals surface area contributed by atoms with E-state index in [1.165, 1.54) is 23.5 Å². The smallest absolute Gasteiger partial charge is 0.203 e. The van der Waals surface area contributed by atoms with E-state index >= 15 is 0 Å². The van der Waals surface area contributed by atoms with Crippen LogP contribution in [0.5, 0.6) is 0 Å². The van der Waals surface area contributed by atoms with Crippen LogP contribution in [0.4, 0.5) is 10.1 Å². The highest BCUT2D eigenvalue weighted by atomic mass is 32.1. The maximum absolute atomic E-state index is 13.7. The van der Waals surface area contributed by atoms with Crippen LogP contribution in [0.25, 0.3) is 0 Å². The number of nitrogens with two attached hydrogens (primary N) is 1. The Morgan fingerprint density at radius 2 is 1.90 bits per heavy atom. The maximum Gasteiger partial charge on any atom is 0.203 e. The van der Waals surface area contributed by atoms with Crippen molar-refractivity contribution in [2.45, 2.75) is 33.1 Å². The Hall–Kier alpha value is -1.68. The first-order valence-corrected chi connectivity index (χ1v) is 7.22. The third-order valence-corrected chi connectivity index (χ3v) is 4.73. The Labute approximate surface area is 122 Å². The second kappa shape index (κ2) is 5.02. The van der Waals surface area contributed by atoms with Crippen molar-refractivity contribution in [3.8, 4) is 0 Å². The zero-order valence-electron chi connectivity index (χ0n) is 12.1. The molecule has 0 saturated heterocycles. The van der Waals surface area contributed by atoms with Gasteiger partial charge in [-0.1, -0.05) is 20.8 Å². The first-order valence-electron chi connectivity index (χ1n) is 6.41. The number of benzene rings is 1. The number of carbonyl (C=O) groups excluding carboxylic acids is 1. The number of nitrogen functional groups attached to an aromatic ring is 1. The Kier molecular flexibility index (Phi) is 3.69. The molecule has 106 valence electrons. The topological polar surface area (TPSA) is 43.1 Å². The zero-order valence-corrected chi connectivity index (χ0v) is 12.9. The van der Waals surface area contributed by atoms with Crippen molar-refractivity contribution >= 4 is 22.8 Å². The lowest BCUT2D eigenvalue weighted by Crippen LogP contribution is -2.08. The molecule has 1 aromatic carbocycles. The highest BCUT2D eigenvalue weighted by molar-refractivity contribution is 7.14. The van der Waals surface area contributed by atoms with E-state index in [9.17, 15) is 9.18 Å². The number of hydrogen-bond acceptors (Lipinski definition) is 3. The van der Waals surface area contributed by atoms with Crippen LogP contribution in [0.1, 0.15) is 46.4 Å². The first-order chi connectivity index (χ1) is 9.20. The molecule has 0 aliphatic carbocycles. The van der Waals surface area contributed by atoms with Gasteiger partial charge < -0.3 is 5.73 Å². The van der Waals surface area contributed by atoms with Crippen molar-refractivity contribution < 1.29 is 9.18 Å². The molecule has 0 saturated carbocycles. The van der Waals surface area contributed by atoms with Crippen LogP contribution in [0.15, 0.2) is 24.3 Å². The number of ketones is 1. The van der Waals surface area contributed by atoms with Gasteiger partial charge in [0.05, 0.1) is 4.88 Å². The molecule has 4 heteroatoms. The van der Waals surface area contributed by atoms with Crippen molar-refractivity contribution in [1.29, 1.82) is 0 Å². The van der Waals surface area contributed by atoms with E-state index in [0.717, 1.165) is 4.88 Å². The van der Waals surface area contributed by atoms with Crippen molar-refractivity contribution in [2.24, 2.45) is 0 Å². The third-order valence-electron chi connectivity index (χ3n) is 3.22. The van der Waals surface area contributed by atoms with Crippen molar-refractivity contribution in [2.75, 3.05) is 5.73 Å². The largest absolute Gasteiger partial charge is 0.398 e. The molecule has 1 heterocycles. The summed E-state index contributed by atoms with van der Waals surface area (Å²) < 4.78 is 13.7. The minimum absolute atomic E-state index is 0.000744. The van der Waals surface area contributed by atoms with Crippen LogP contribution in [0.2, 0.25) is 0 Å². The van der Waals surface area contributed by atoms with Crippen LogP contribution in [-0.4, -0.2) is 5.78 Å². The first kappa shape index (κ1) is 14.7. The highest BCUT2D eigenvalue weighted by Crippen LogP contribution is 2.31. The van der Waals surface area contributed by atoms with Crippen LogP contribution < -0.4 is 5.73 Å². The summed E-state index contributed by atoms with van der Waals surface area (Å²) in [6, 6.07) is 6.54. The third kappa shape index (κ3) is 2.75. The molecule has 2 rings (SSSR count). The lowest BCUT2D eigenvalue weighted by molar-refractivity contribution is 0.104. The summed E-state index contributed by atoms with van der Waals surface area (Å²) in [5.41, 5.74) is 6.71. The molecule has 0 atom stereocenters. The van der Waals surface area contributed by atoms with E-state index in [2.05, 4.69) is 20.8 Å². The lowest BCUT2D eigenvalue weighted by atomic mass is 9.95. The summed E-state index contributed by atoms with van der Waals surface area (Å²) in [7, 11) is 0. The van der Waals surface area contributed by atoms with Gasteiger partial charge in [-0.15, -0.1) is 11.3 Å². The summed E-state index contributed by atoms with van der Waals surface area (Å²) in [6.07, 6.45) is 0. The molecule has 0 bridgehead atoms. The molecule has 20 heavy (non-hydrogen) atoms. The van der Waals surface area contributed by atoms with Gasteiger partial charge in [-0.05, 0) is 36.6 Å². The fourth-order valence-corrected chi connectivity index (χ4v) is 2.86. The molecule has 0 spiro atoms. The fourth-order valence-electron chi connectivity index (χ4n) is 1.84. The van der Waals surface area contributed by atoms with Gasteiger partial charge in [-0.2, -0.15) is 0 Å². The summed E-state index contributed by atoms with van der Waals surface area (Å²) in [4.78, 5) is 14.1. The van der Waals surface area contributed by atoms with Gasteiger partial charge in [0.1, 0.15) is 5.82 Å². The quantitative estimate of drug-likeness (QED) is 0.662. The van der Waals surface area contributed by atoms with E-state index in [-0.39, 0.29) is 11.2 Å². The van der Waals surface area contributed by atoms with Gasteiger partial charge in [-0.3, -0.25) is 4.79 Å². The fraction of sp³-hybridized carbons (Fsp3) is 0.312. The second-order valence-electron chi connectivity index (χ2n) is 5.92. The number of halogens is 1. The molecule has 0 amide bonds. The Morgan fingerprint density at radius 1 is 1.25 bits per heavy atom. The molecule has 0 aliphatic heterocycles. The van der Waals surface area contributed by atoms with Gasteiger partial charge in [0.15, 0.2) is 0 Å². The minimum Gasteiger partial charge on any atom is -0.398 e. The average Bonchev–Trinajstić information content (AvgIpc) is 2.83. The van der Waals surface area contributed by atoms with E-state index in [1.54, 1.807) is 13.0 Å². The van der Waals surface area contributed by atoms with Crippen LogP contribution in [-0.2, 0) is 5.41 Å². The predicted molar refractivity (Wildman–Crippen MR) is 82.0 cm³/mol. The van der Waals surface area contributed by atoms with Gasteiger partial charge in [0.2, 0.25) is 5.78 Å². The SMILES string of the molecule is Cc1c(N)cc(C(=O)c2ccc(C(C)(C)C)s2)cc1F. The Bertz CT molecular complexity index is 644. The van der Waals surface area contributed by atoms with Crippen molar-refractivity contribution in [3.05, 3.63) is 51.0 Å². The maximum atomic E-state index is 13.7. The lowest BCUT2D eigenvalue weighted by Gasteiger charge is -2.15. The number of hydrogen-bond donors (Lipinski definition) is 1. The number of carbonyl (C=O) groups is 1. The van der Waals surface area contributed by atoms with E-state index in [1.807, 2.05) is 6.07 Å². The van der Waals surface area contributed by atoms with E-state index in [0.29, 0.717) is 21.7 Å². The Morgan fingerprint density at radius 3 is 2.40 bits per heavy atom. The van der Waals surface area contributed by atoms with Crippen LogP contribution >= 0.6 is 11.3 Å². The van der Waals surface area contributed by atoms with Gasteiger partial charge in [0.25, 0.3) is 0 Å². The van der Waals surface area contributed by atoms with Crippen molar-refractivity contribution in [1.82, 2.24) is 0 Å². The molecule has 0 radical (unpaired) electrons. The van der Waals surface area contributed by atoms with E-state index < -0.39 is 5.82 Å². The molecule has 0 fully saturated rings. The normalized spacial score (nSPS) is 11.7. The van der Waals surface area contributed by atoms with Crippen LogP contribution in [0.3, 0.4) is 0 Å². The van der Waals surface area contributed by atoms with Gasteiger partial charge in [-0.25, -0.2) is 4.39 Å². The summed E-state index contributed by atoms with van der Waals surface area (Å²) in [5.74, 6) is -0.628. The van der Waals surface area contributed by atoms with Crippen LogP contribution in [0, 0.1) is 12.7 Å². The monoisotopic (exact) mass is 291 g/mol. The molecule has 2 aromatic rings. The number of rotatable bonds is 2. The van der Waals surface area contributed by atoms with E-state index in [4.69, 9.17) is 5.73 Å². The second-order valence-corrected chi connectivity index (χ2v) is 7.00. The summed E-state index contributed by atoms with van der Waals surface area (Å²) in [5, 5.41) is 0. The van der Waals surface area contributed by atoms with Crippen molar-refractivity contribution in [3.63, 3.8) is 0 Å². The summed E-state index contributed by atoms with van der Waals surface area (Å²) in [6.45, 7) is 7.88. The number of anilines is 1. The standard InChI is InChI=1S/C16H18FNOS/c1-9-11(17)7-10(8-12(9)18)15(19)13-5-6-14(20-13)16(2,3)4/h5-8H,18H2,1-4H3. The van der Waals surface area contributed by atoms with Gasteiger partial charge >= 0.3 is 0 Å². The van der Waals surface area contributed by atoms with Gasteiger partial charge in [0, 0.05) is 21.7 Å². The highest BCUT2D eigenvalue weighted by Gasteiger charge is 2.20. The minimum atomic E-state index is -0.444. The molecule has 2 N–H and O–H groups in total. The average molecular weight is 291 g/mol. The molecular weight excluding hydrogens is 273 g/mol. The molecule has 2 nitrogen and oxygen atoms in total. The number of thiophene rings is 1. The molecule has 0 aliphatic rings. The molecule has 0 unspecified atom stereocenters. The Balaban J connectivity index is 2.39.